The number of amides is 2. The predicted molar refractivity (Wildman–Crippen MR) is 112 cm³/mol. The summed E-state index contributed by atoms with van der Waals surface area (Å²) in [6, 6.07) is 17.4. The molecule has 1 aliphatic heterocycles. The van der Waals surface area contributed by atoms with Crippen LogP contribution in [0, 0.1) is 0 Å². The number of nitrogens with one attached hydrogen (secondary N) is 1. The van der Waals surface area contributed by atoms with E-state index in [4.69, 9.17) is 11.6 Å². The third kappa shape index (κ3) is 4.23. The molecule has 6 nitrogen and oxygen atoms in total. The van der Waals surface area contributed by atoms with Gasteiger partial charge in [0.05, 0.1) is 18.1 Å². The number of rotatable bonds is 3. The molecule has 4 rings (SSSR count). The van der Waals surface area contributed by atoms with Crippen LogP contribution in [0.1, 0.15) is 0 Å². The number of anilines is 2. The molecule has 0 bridgehead atoms. The van der Waals surface area contributed by atoms with E-state index in [-0.39, 0.29) is 6.03 Å². The third-order valence-corrected chi connectivity index (χ3v) is 4.97. The predicted octanol–water partition coefficient (Wildman–Crippen LogP) is 4.15. The first-order chi connectivity index (χ1) is 13.7. The monoisotopic (exact) mass is 393 g/mol. The lowest BCUT2D eigenvalue weighted by Crippen LogP contribution is -2.50. The summed E-state index contributed by atoms with van der Waals surface area (Å²) in [6.07, 6.45) is 3.26. The van der Waals surface area contributed by atoms with Crippen molar-refractivity contribution in [2.45, 2.75) is 0 Å². The van der Waals surface area contributed by atoms with Crippen molar-refractivity contribution >= 4 is 29.1 Å². The van der Waals surface area contributed by atoms with Gasteiger partial charge in [0.2, 0.25) is 0 Å². The zero-order valence-corrected chi connectivity index (χ0v) is 16.0. The molecular weight excluding hydrogens is 374 g/mol. The smallest absolute Gasteiger partial charge is 0.323 e. The Kier molecular flexibility index (Phi) is 5.39. The summed E-state index contributed by atoms with van der Waals surface area (Å²) < 4.78 is 0. The maximum Gasteiger partial charge on any atom is 0.323 e. The molecule has 28 heavy (non-hydrogen) atoms. The second-order valence-electron chi connectivity index (χ2n) is 6.53. The number of piperazine rings is 1. The molecule has 1 aliphatic rings. The van der Waals surface area contributed by atoms with Crippen LogP contribution in [0.3, 0.4) is 0 Å². The van der Waals surface area contributed by atoms with Gasteiger partial charge in [-0.05, 0) is 24.3 Å². The first-order valence-corrected chi connectivity index (χ1v) is 9.51. The van der Waals surface area contributed by atoms with Crippen molar-refractivity contribution in [3.63, 3.8) is 0 Å². The van der Waals surface area contributed by atoms with Crippen LogP contribution in [0.4, 0.5) is 16.3 Å². The lowest BCUT2D eigenvalue weighted by Gasteiger charge is -2.36. The van der Waals surface area contributed by atoms with Crippen molar-refractivity contribution < 1.29 is 4.79 Å². The molecule has 0 unspecified atom stereocenters. The number of hydrogen-bond donors (Lipinski definition) is 1. The van der Waals surface area contributed by atoms with Crippen molar-refractivity contribution in [1.29, 1.82) is 0 Å². The standard InChI is InChI=1S/C21H20ClN5O/c22-17-6-8-18(9-7-17)26-10-12-27(13-11-26)21(28)25-20-15-23-19(14-24-20)16-4-2-1-3-5-16/h1-9,14-15H,10-13H2,(H,24,25,28). The first kappa shape index (κ1) is 18.3. The Labute approximate surface area is 168 Å². The Hall–Kier alpha value is -3.12. The Balaban J connectivity index is 1.32. The highest BCUT2D eigenvalue weighted by atomic mass is 35.5. The molecule has 3 aromatic rings. The molecule has 2 amide bonds. The highest BCUT2D eigenvalue weighted by Gasteiger charge is 2.21. The number of carbonyl (C=O) groups is 1. The Morgan fingerprint density at radius 3 is 2.25 bits per heavy atom. The second-order valence-corrected chi connectivity index (χ2v) is 6.97. The molecule has 1 N–H and O–H groups in total. The highest BCUT2D eigenvalue weighted by Crippen LogP contribution is 2.20. The van der Waals surface area contributed by atoms with Gasteiger partial charge in [-0.1, -0.05) is 41.9 Å². The summed E-state index contributed by atoms with van der Waals surface area (Å²) in [6.45, 7) is 2.83. The minimum absolute atomic E-state index is 0.155. The number of benzene rings is 2. The summed E-state index contributed by atoms with van der Waals surface area (Å²) >= 11 is 5.95. The van der Waals surface area contributed by atoms with Crippen LogP contribution < -0.4 is 10.2 Å². The van der Waals surface area contributed by atoms with Crippen molar-refractivity contribution in [3.8, 4) is 11.3 Å². The van der Waals surface area contributed by atoms with Crippen molar-refractivity contribution in [2.24, 2.45) is 0 Å². The number of carbonyl (C=O) groups excluding carboxylic acids is 1. The van der Waals surface area contributed by atoms with E-state index in [1.54, 1.807) is 17.3 Å². The van der Waals surface area contributed by atoms with Crippen LogP contribution in [0.25, 0.3) is 11.3 Å². The van der Waals surface area contributed by atoms with Gasteiger partial charge in [-0.25, -0.2) is 9.78 Å². The van der Waals surface area contributed by atoms with Gasteiger partial charge in [0.15, 0.2) is 5.82 Å². The molecule has 2 heterocycles. The SMILES string of the molecule is O=C(Nc1cnc(-c2ccccc2)cn1)N1CCN(c2ccc(Cl)cc2)CC1. The Morgan fingerprint density at radius 1 is 0.893 bits per heavy atom. The molecular formula is C21H20ClN5O. The normalized spacial score (nSPS) is 14.0. The van der Waals surface area contributed by atoms with E-state index < -0.39 is 0 Å². The molecule has 0 atom stereocenters. The topological polar surface area (TPSA) is 61.4 Å². The van der Waals surface area contributed by atoms with Crippen molar-refractivity contribution in [2.75, 3.05) is 36.4 Å². The number of aromatic nitrogens is 2. The van der Waals surface area contributed by atoms with Crippen molar-refractivity contribution in [1.82, 2.24) is 14.9 Å². The van der Waals surface area contributed by atoms with Gasteiger partial charge < -0.3 is 9.80 Å². The second kappa shape index (κ2) is 8.27. The summed E-state index contributed by atoms with van der Waals surface area (Å²) in [4.78, 5) is 25.3. The molecule has 7 heteroatoms. The molecule has 0 aliphatic carbocycles. The van der Waals surface area contributed by atoms with E-state index in [0.717, 1.165) is 35.1 Å². The molecule has 1 fully saturated rings. The number of urea groups is 1. The highest BCUT2D eigenvalue weighted by molar-refractivity contribution is 6.30. The van der Waals surface area contributed by atoms with Gasteiger partial charge in [-0.15, -0.1) is 0 Å². The third-order valence-electron chi connectivity index (χ3n) is 4.72. The minimum atomic E-state index is -0.155. The molecule has 142 valence electrons. The largest absolute Gasteiger partial charge is 0.368 e. The average Bonchev–Trinajstić information content (AvgIpc) is 2.75. The molecule has 0 radical (unpaired) electrons. The van der Waals surface area contributed by atoms with E-state index in [2.05, 4.69) is 20.2 Å². The molecule has 2 aromatic carbocycles. The lowest BCUT2D eigenvalue weighted by molar-refractivity contribution is 0.208. The molecule has 0 saturated carbocycles. The van der Waals surface area contributed by atoms with E-state index in [1.165, 1.54) is 0 Å². The van der Waals surface area contributed by atoms with Crippen LogP contribution in [0.2, 0.25) is 5.02 Å². The summed E-state index contributed by atoms with van der Waals surface area (Å²) in [5.41, 5.74) is 2.88. The van der Waals surface area contributed by atoms with Gasteiger partial charge in [-0.2, -0.15) is 0 Å². The lowest BCUT2D eigenvalue weighted by atomic mass is 10.2. The average molecular weight is 394 g/mol. The van der Waals surface area contributed by atoms with E-state index in [1.807, 2.05) is 54.6 Å². The summed E-state index contributed by atoms with van der Waals surface area (Å²) in [7, 11) is 0. The Morgan fingerprint density at radius 2 is 1.61 bits per heavy atom. The summed E-state index contributed by atoms with van der Waals surface area (Å²) in [5.74, 6) is 0.449. The summed E-state index contributed by atoms with van der Waals surface area (Å²) in [5, 5.41) is 3.55. The first-order valence-electron chi connectivity index (χ1n) is 9.13. The molecule has 1 saturated heterocycles. The fourth-order valence-corrected chi connectivity index (χ4v) is 3.28. The fraction of sp³-hybridized carbons (Fsp3) is 0.190. The molecule has 1 aromatic heterocycles. The maximum atomic E-state index is 12.5. The fourth-order valence-electron chi connectivity index (χ4n) is 3.16. The number of halogens is 1. The van der Waals surface area contributed by atoms with Crippen LogP contribution >= 0.6 is 11.6 Å². The minimum Gasteiger partial charge on any atom is -0.368 e. The number of hydrogen-bond acceptors (Lipinski definition) is 4. The van der Waals surface area contributed by atoms with Crippen LogP contribution in [0.15, 0.2) is 67.0 Å². The van der Waals surface area contributed by atoms with E-state index in [0.29, 0.717) is 18.9 Å². The number of nitrogens with zero attached hydrogens (tertiary/aromatic N) is 4. The quantitative estimate of drug-likeness (QED) is 0.726. The van der Waals surface area contributed by atoms with Gasteiger partial charge in [0, 0.05) is 42.5 Å². The van der Waals surface area contributed by atoms with Gasteiger partial charge in [-0.3, -0.25) is 10.3 Å². The van der Waals surface area contributed by atoms with Gasteiger partial charge in [0.25, 0.3) is 0 Å². The van der Waals surface area contributed by atoms with E-state index >= 15 is 0 Å². The van der Waals surface area contributed by atoms with E-state index in [9.17, 15) is 4.79 Å². The zero-order valence-electron chi connectivity index (χ0n) is 15.3. The van der Waals surface area contributed by atoms with Gasteiger partial charge >= 0.3 is 6.03 Å². The Bertz CT molecular complexity index is 923. The van der Waals surface area contributed by atoms with Crippen LogP contribution in [-0.2, 0) is 0 Å². The maximum absolute atomic E-state index is 12.5. The van der Waals surface area contributed by atoms with Crippen LogP contribution in [0.5, 0.6) is 0 Å². The van der Waals surface area contributed by atoms with Crippen LogP contribution in [-0.4, -0.2) is 47.1 Å². The van der Waals surface area contributed by atoms with Crippen molar-refractivity contribution in [3.05, 3.63) is 72.0 Å². The zero-order chi connectivity index (χ0) is 19.3. The molecule has 0 spiro atoms. The van der Waals surface area contributed by atoms with Gasteiger partial charge in [0.1, 0.15) is 0 Å².